The van der Waals surface area contributed by atoms with Gasteiger partial charge in [0, 0.05) is 89.6 Å². The topological polar surface area (TPSA) is 85.9 Å². The second-order valence-corrected chi connectivity index (χ2v) is 12.3. The monoisotopic (exact) mass is 572 g/mol. The van der Waals surface area contributed by atoms with Gasteiger partial charge in [0.05, 0.1) is 23.4 Å². The van der Waals surface area contributed by atoms with E-state index in [1.165, 1.54) is 5.56 Å². The SMILES string of the molecule is CN=CC1CC(C(=O)N2CCN(c3ccnn4cc(-c5ccc(C6(OC)CCN([C@H](C)CO)CC6)cc5)cc34)CC2)C1. The third-order valence-electron chi connectivity index (χ3n) is 9.93. The fourth-order valence-corrected chi connectivity index (χ4v) is 7.07. The van der Waals surface area contributed by atoms with Crippen molar-refractivity contribution in [2.45, 2.75) is 44.2 Å². The van der Waals surface area contributed by atoms with Crippen molar-refractivity contribution in [2.24, 2.45) is 16.8 Å². The first-order valence-corrected chi connectivity index (χ1v) is 15.4. The number of likely N-dealkylation sites (tertiary alicyclic amines) is 1. The minimum absolute atomic E-state index is 0.160. The molecule has 2 aromatic heterocycles. The van der Waals surface area contributed by atoms with E-state index in [1.807, 2.05) is 28.9 Å². The average molecular weight is 573 g/mol. The predicted octanol–water partition coefficient (Wildman–Crippen LogP) is 3.70. The first-order chi connectivity index (χ1) is 20.4. The van der Waals surface area contributed by atoms with Gasteiger partial charge in [0.15, 0.2) is 0 Å². The Bertz CT molecular complexity index is 1400. The number of amides is 1. The summed E-state index contributed by atoms with van der Waals surface area (Å²) in [5.41, 5.74) is 5.42. The minimum atomic E-state index is -0.294. The number of benzene rings is 1. The van der Waals surface area contributed by atoms with Crippen LogP contribution >= 0.6 is 0 Å². The maximum atomic E-state index is 13.0. The van der Waals surface area contributed by atoms with Crippen LogP contribution in [-0.2, 0) is 15.1 Å². The standard InChI is InChI=1S/C33H44N6O3/c1-24(23-40)36-12-9-33(42-3,10-13-36)29-6-4-26(5-7-29)28-20-31-30(8-11-35-39(31)22-28)37-14-16-38(17-15-37)32(41)27-18-25(19-27)21-34-2/h4-8,11,20-22,24-25,27,40H,9-10,12-19,23H2,1-3H3/t24-,25?,27?/m1/s1. The number of piperazine rings is 1. The van der Waals surface area contributed by atoms with E-state index in [0.29, 0.717) is 11.8 Å². The van der Waals surface area contributed by atoms with E-state index >= 15 is 0 Å². The number of fused-ring (bicyclic) bond motifs is 1. The van der Waals surface area contributed by atoms with E-state index in [-0.39, 0.29) is 24.2 Å². The zero-order valence-electron chi connectivity index (χ0n) is 25.2. The molecule has 1 saturated carbocycles. The maximum absolute atomic E-state index is 13.0. The van der Waals surface area contributed by atoms with Gasteiger partial charge in [0.25, 0.3) is 0 Å². The van der Waals surface area contributed by atoms with Crippen LogP contribution < -0.4 is 4.90 Å². The van der Waals surface area contributed by atoms with Gasteiger partial charge in [-0.05, 0) is 61.8 Å². The van der Waals surface area contributed by atoms with Gasteiger partial charge >= 0.3 is 0 Å². The molecule has 1 aliphatic carbocycles. The van der Waals surface area contributed by atoms with Crippen LogP contribution in [0.15, 0.2) is 53.8 Å². The molecule has 0 bridgehead atoms. The number of piperidine rings is 1. The highest BCUT2D eigenvalue weighted by molar-refractivity contribution is 5.83. The second-order valence-electron chi connectivity index (χ2n) is 12.3. The second kappa shape index (κ2) is 12.1. The number of ether oxygens (including phenoxy) is 1. The molecule has 1 amide bonds. The minimum Gasteiger partial charge on any atom is -0.395 e. The summed E-state index contributed by atoms with van der Waals surface area (Å²) in [6.45, 7) is 7.23. The molecule has 224 valence electrons. The first kappa shape index (κ1) is 28.8. The highest BCUT2D eigenvalue weighted by Gasteiger charge is 2.38. The Kier molecular flexibility index (Phi) is 8.34. The van der Waals surface area contributed by atoms with Crippen LogP contribution in [0.2, 0.25) is 0 Å². The number of aliphatic hydroxyl groups is 1. The van der Waals surface area contributed by atoms with E-state index in [1.54, 1.807) is 7.05 Å². The van der Waals surface area contributed by atoms with Crippen molar-refractivity contribution in [2.75, 3.05) is 64.9 Å². The summed E-state index contributed by atoms with van der Waals surface area (Å²) in [5, 5.41) is 14.2. The van der Waals surface area contributed by atoms with Gasteiger partial charge in [-0.25, -0.2) is 4.52 Å². The summed E-state index contributed by atoms with van der Waals surface area (Å²) in [7, 11) is 3.62. The Hall–Kier alpha value is -3.27. The van der Waals surface area contributed by atoms with Gasteiger partial charge in [-0.1, -0.05) is 24.3 Å². The van der Waals surface area contributed by atoms with Gasteiger partial charge in [-0.2, -0.15) is 5.10 Å². The van der Waals surface area contributed by atoms with E-state index in [0.717, 1.165) is 87.3 Å². The van der Waals surface area contributed by atoms with Crippen molar-refractivity contribution in [3.63, 3.8) is 0 Å². The van der Waals surface area contributed by atoms with Crippen molar-refractivity contribution in [3.8, 4) is 11.1 Å². The van der Waals surface area contributed by atoms with E-state index in [4.69, 9.17) is 4.74 Å². The molecule has 3 aliphatic rings. The van der Waals surface area contributed by atoms with Gasteiger partial charge in [-0.15, -0.1) is 0 Å². The van der Waals surface area contributed by atoms with Crippen molar-refractivity contribution in [1.29, 1.82) is 0 Å². The third kappa shape index (κ3) is 5.45. The van der Waals surface area contributed by atoms with Crippen LogP contribution in [0.3, 0.4) is 0 Å². The van der Waals surface area contributed by atoms with Crippen LogP contribution in [0.25, 0.3) is 16.6 Å². The van der Waals surface area contributed by atoms with Gasteiger partial charge in [0.2, 0.25) is 5.91 Å². The molecule has 3 aromatic rings. The average Bonchev–Trinajstić information content (AvgIpc) is 3.47. The van der Waals surface area contributed by atoms with Crippen molar-refractivity contribution in [1.82, 2.24) is 19.4 Å². The van der Waals surface area contributed by atoms with Crippen molar-refractivity contribution in [3.05, 3.63) is 54.4 Å². The molecule has 0 spiro atoms. The molecule has 2 saturated heterocycles. The lowest BCUT2D eigenvalue weighted by molar-refractivity contribution is -0.139. The number of aliphatic hydroxyl groups excluding tert-OH is 1. The molecule has 3 fully saturated rings. The Balaban J connectivity index is 1.13. The lowest BCUT2D eigenvalue weighted by Crippen LogP contribution is -2.52. The molecule has 9 heteroatoms. The number of nitrogens with zero attached hydrogens (tertiary/aromatic N) is 6. The van der Waals surface area contributed by atoms with Gasteiger partial charge in [-0.3, -0.25) is 9.69 Å². The normalized spacial score (nSPS) is 23.8. The zero-order chi connectivity index (χ0) is 29.3. The quantitative estimate of drug-likeness (QED) is 0.415. The van der Waals surface area contributed by atoms with Gasteiger partial charge in [0.1, 0.15) is 0 Å². The fourth-order valence-electron chi connectivity index (χ4n) is 7.07. The number of hydrogen-bond acceptors (Lipinski definition) is 7. The molecule has 6 rings (SSSR count). The smallest absolute Gasteiger partial charge is 0.225 e. The molecular weight excluding hydrogens is 528 g/mol. The number of carbonyl (C=O) groups is 1. The van der Waals surface area contributed by atoms with Crippen LogP contribution in [-0.4, -0.2) is 103 Å². The Morgan fingerprint density at radius 1 is 1.10 bits per heavy atom. The van der Waals surface area contributed by atoms with E-state index < -0.39 is 0 Å². The molecular formula is C33H44N6O3. The molecule has 1 aromatic carbocycles. The fraction of sp³-hybridized carbons (Fsp3) is 0.545. The highest BCUT2D eigenvalue weighted by Crippen LogP contribution is 2.38. The van der Waals surface area contributed by atoms with E-state index in [2.05, 4.69) is 69.4 Å². The van der Waals surface area contributed by atoms with Crippen molar-refractivity contribution >= 4 is 23.3 Å². The number of anilines is 1. The summed E-state index contributed by atoms with van der Waals surface area (Å²) in [5.74, 6) is 0.938. The molecule has 9 nitrogen and oxygen atoms in total. The van der Waals surface area contributed by atoms with Crippen LogP contribution in [0.1, 0.15) is 38.2 Å². The number of methoxy groups -OCH3 is 1. The number of aliphatic imine (C=N–C) groups is 1. The van der Waals surface area contributed by atoms with E-state index in [9.17, 15) is 9.90 Å². The summed E-state index contributed by atoms with van der Waals surface area (Å²) < 4.78 is 8.09. The van der Waals surface area contributed by atoms with Crippen LogP contribution in [0, 0.1) is 11.8 Å². The first-order valence-electron chi connectivity index (χ1n) is 15.4. The third-order valence-corrected chi connectivity index (χ3v) is 9.93. The molecule has 42 heavy (non-hydrogen) atoms. The highest BCUT2D eigenvalue weighted by atomic mass is 16.5. The number of hydrogen-bond donors (Lipinski definition) is 1. The molecule has 2 aliphatic heterocycles. The Morgan fingerprint density at radius 2 is 1.81 bits per heavy atom. The summed E-state index contributed by atoms with van der Waals surface area (Å²) >= 11 is 0. The molecule has 1 N–H and O–H groups in total. The lowest BCUT2D eigenvalue weighted by Gasteiger charge is -2.43. The van der Waals surface area contributed by atoms with Gasteiger partial charge < -0.3 is 24.6 Å². The molecule has 0 radical (unpaired) electrons. The molecule has 0 unspecified atom stereocenters. The molecule has 4 heterocycles. The molecule has 1 atom stereocenters. The predicted molar refractivity (Wildman–Crippen MR) is 166 cm³/mol. The number of aromatic nitrogens is 2. The Morgan fingerprint density at radius 3 is 2.45 bits per heavy atom. The Labute approximate surface area is 248 Å². The number of carbonyl (C=O) groups excluding carboxylic acids is 1. The zero-order valence-corrected chi connectivity index (χ0v) is 25.2. The summed E-state index contributed by atoms with van der Waals surface area (Å²) in [6.07, 6.45) is 9.63. The number of rotatable bonds is 8. The lowest BCUT2D eigenvalue weighted by atomic mass is 9.75. The largest absolute Gasteiger partial charge is 0.395 e. The van der Waals surface area contributed by atoms with Crippen LogP contribution in [0.5, 0.6) is 0 Å². The van der Waals surface area contributed by atoms with Crippen LogP contribution in [0.4, 0.5) is 5.69 Å². The maximum Gasteiger partial charge on any atom is 0.225 e. The van der Waals surface area contributed by atoms with Crippen molar-refractivity contribution < 1.29 is 14.6 Å². The summed E-state index contributed by atoms with van der Waals surface area (Å²) in [4.78, 5) is 23.9. The summed E-state index contributed by atoms with van der Waals surface area (Å²) in [6, 6.07) is 13.3.